The molecule has 1 fully saturated rings. The second-order valence-electron chi connectivity index (χ2n) is 13.1. The first kappa shape index (κ1) is 36.0. The summed E-state index contributed by atoms with van der Waals surface area (Å²) in [6.45, 7) is 9.96. The number of aliphatic hydroxyl groups is 1. The van der Waals surface area contributed by atoms with Crippen molar-refractivity contribution in [2.24, 2.45) is 5.41 Å². The van der Waals surface area contributed by atoms with E-state index in [1.54, 1.807) is 18.4 Å². The number of amides is 4. The minimum atomic E-state index is -0.941. The number of aliphatic hydroxyl groups excluding tert-OH is 1. The summed E-state index contributed by atoms with van der Waals surface area (Å²) < 4.78 is 0. The molecule has 11 nitrogen and oxygen atoms in total. The Hall–Kier alpha value is -3.51. The molecular weight excluding hydrogens is 594 g/mol. The third kappa shape index (κ3) is 10.3. The van der Waals surface area contributed by atoms with Gasteiger partial charge < -0.3 is 30.6 Å². The molecule has 0 spiro atoms. The van der Waals surface area contributed by atoms with E-state index >= 15 is 0 Å². The SMILES string of the molecule is Cc1ncsc1-c1ccc([C@H](C)NC(=O)[C@@H]2C[C@@H](O)CN2C(=O)[C@@H](NC(=O)CCCCCCCN(C)C(=O)O)C(C)(C)C)cc1. The molecule has 0 bridgehead atoms. The fourth-order valence-corrected chi connectivity index (χ4v) is 6.32. The molecule has 0 saturated carbocycles. The number of carbonyl (C=O) groups is 4. The number of carbonyl (C=O) groups excluding carboxylic acids is 3. The van der Waals surface area contributed by atoms with Gasteiger partial charge in [-0.2, -0.15) is 0 Å². The summed E-state index contributed by atoms with van der Waals surface area (Å²) in [5, 5.41) is 25.3. The van der Waals surface area contributed by atoms with Crippen molar-refractivity contribution in [3.63, 3.8) is 0 Å². The predicted octanol–water partition coefficient (Wildman–Crippen LogP) is 4.74. The summed E-state index contributed by atoms with van der Waals surface area (Å²) in [5.41, 5.74) is 4.14. The van der Waals surface area contributed by atoms with Gasteiger partial charge in [0.25, 0.3) is 0 Å². The van der Waals surface area contributed by atoms with Crippen LogP contribution in [-0.4, -0.2) is 87.1 Å². The van der Waals surface area contributed by atoms with Gasteiger partial charge in [0.2, 0.25) is 17.7 Å². The Morgan fingerprint density at radius 3 is 2.31 bits per heavy atom. The van der Waals surface area contributed by atoms with E-state index in [2.05, 4.69) is 15.6 Å². The number of nitrogens with one attached hydrogen (secondary N) is 2. The molecule has 45 heavy (non-hydrogen) atoms. The van der Waals surface area contributed by atoms with Crippen molar-refractivity contribution in [1.82, 2.24) is 25.4 Å². The third-order valence-corrected chi connectivity index (χ3v) is 9.26. The molecule has 1 aromatic carbocycles. The normalized spacial score (nSPS) is 17.9. The Bertz CT molecular complexity index is 1310. The van der Waals surface area contributed by atoms with E-state index in [0.717, 1.165) is 47.4 Å². The molecule has 1 aliphatic rings. The van der Waals surface area contributed by atoms with Gasteiger partial charge >= 0.3 is 6.09 Å². The van der Waals surface area contributed by atoms with E-state index in [-0.39, 0.29) is 43.1 Å². The summed E-state index contributed by atoms with van der Waals surface area (Å²) in [4.78, 5) is 59.1. The van der Waals surface area contributed by atoms with E-state index in [4.69, 9.17) is 5.11 Å². The van der Waals surface area contributed by atoms with Gasteiger partial charge in [0, 0.05) is 33.0 Å². The van der Waals surface area contributed by atoms with Crippen LogP contribution in [0.5, 0.6) is 0 Å². The second kappa shape index (κ2) is 16.2. The van der Waals surface area contributed by atoms with Gasteiger partial charge in [-0.15, -0.1) is 11.3 Å². The van der Waals surface area contributed by atoms with Gasteiger partial charge in [-0.1, -0.05) is 64.3 Å². The van der Waals surface area contributed by atoms with E-state index in [1.165, 1.54) is 9.80 Å². The van der Waals surface area contributed by atoms with Gasteiger partial charge in [-0.05, 0) is 43.2 Å². The lowest BCUT2D eigenvalue weighted by molar-refractivity contribution is -0.144. The van der Waals surface area contributed by atoms with Gasteiger partial charge in [0.05, 0.1) is 28.2 Å². The number of rotatable bonds is 14. The number of aryl methyl sites for hydroxylation is 1. The maximum atomic E-state index is 13.8. The van der Waals surface area contributed by atoms with Crippen LogP contribution in [0.4, 0.5) is 4.79 Å². The van der Waals surface area contributed by atoms with Gasteiger partial charge in [-0.25, -0.2) is 9.78 Å². The molecule has 3 rings (SSSR count). The van der Waals surface area contributed by atoms with Crippen molar-refractivity contribution in [2.45, 2.75) is 104 Å². The highest BCUT2D eigenvalue weighted by Gasteiger charge is 2.44. The van der Waals surface area contributed by atoms with Crippen LogP contribution in [0.3, 0.4) is 0 Å². The number of unbranched alkanes of at least 4 members (excludes halogenated alkanes) is 4. The fourth-order valence-electron chi connectivity index (χ4n) is 5.51. The number of aromatic nitrogens is 1. The number of β-amino-alcohol motifs (C(OH)–C–C–N with tert-alkyl or cyclic N) is 1. The largest absolute Gasteiger partial charge is 0.465 e. The Labute approximate surface area is 270 Å². The minimum Gasteiger partial charge on any atom is -0.465 e. The van der Waals surface area contributed by atoms with Crippen LogP contribution in [-0.2, 0) is 14.4 Å². The van der Waals surface area contributed by atoms with Crippen molar-refractivity contribution < 1.29 is 29.4 Å². The number of thiazole rings is 1. The molecule has 0 radical (unpaired) electrons. The first-order valence-electron chi connectivity index (χ1n) is 15.7. The molecule has 0 unspecified atom stereocenters. The maximum Gasteiger partial charge on any atom is 0.407 e. The molecule has 4 atom stereocenters. The Morgan fingerprint density at radius 2 is 1.71 bits per heavy atom. The molecule has 2 aromatic rings. The molecule has 248 valence electrons. The summed E-state index contributed by atoms with van der Waals surface area (Å²) >= 11 is 1.58. The van der Waals surface area contributed by atoms with Crippen LogP contribution < -0.4 is 10.6 Å². The average molecular weight is 644 g/mol. The maximum absolute atomic E-state index is 13.8. The van der Waals surface area contributed by atoms with Crippen LogP contribution in [0, 0.1) is 12.3 Å². The number of hydrogen-bond acceptors (Lipinski definition) is 7. The lowest BCUT2D eigenvalue weighted by Crippen LogP contribution is -2.57. The molecule has 4 N–H and O–H groups in total. The molecule has 1 aromatic heterocycles. The van der Waals surface area contributed by atoms with Gasteiger partial charge in [0.1, 0.15) is 12.1 Å². The van der Waals surface area contributed by atoms with Crippen molar-refractivity contribution in [1.29, 1.82) is 0 Å². The fraction of sp³-hybridized carbons (Fsp3) is 0.606. The van der Waals surface area contributed by atoms with Crippen molar-refractivity contribution in [2.75, 3.05) is 20.1 Å². The van der Waals surface area contributed by atoms with Crippen molar-refractivity contribution >= 4 is 35.2 Å². The quantitative estimate of drug-likeness (QED) is 0.217. The zero-order valence-electron chi connectivity index (χ0n) is 27.3. The molecule has 12 heteroatoms. The highest BCUT2D eigenvalue weighted by atomic mass is 32.1. The summed E-state index contributed by atoms with van der Waals surface area (Å²) in [7, 11) is 1.54. The average Bonchev–Trinajstić information content (AvgIpc) is 3.59. The Balaban J connectivity index is 1.56. The number of carboxylic acid groups (broad SMARTS) is 1. The predicted molar refractivity (Wildman–Crippen MR) is 175 cm³/mol. The molecule has 1 aliphatic heterocycles. The van der Waals surface area contributed by atoms with Crippen molar-refractivity contribution in [3.8, 4) is 10.4 Å². The number of nitrogens with zero attached hydrogens (tertiary/aromatic N) is 3. The third-order valence-electron chi connectivity index (χ3n) is 8.28. The minimum absolute atomic E-state index is 0.0215. The van der Waals surface area contributed by atoms with E-state index in [0.29, 0.717) is 13.0 Å². The van der Waals surface area contributed by atoms with Crippen LogP contribution in [0.2, 0.25) is 0 Å². The molecule has 1 saturated heterocycles. The number of likely N-dealkylation sites (tertiary alicyclic amines) is 1. The molecule has 4 amide bonds. The van der Waals surface area contributed by atoms with Crippen LogP contribution in [0.1, 0.15) is 89.9 Å². The van der Waals surface area contributed by atoms with E-state index < -0.39 is 29.7 Å². The zero-order chi connectivity index (χ0) is 33.3. The molecule has 0 aliphatic carbocycles. The van der Waals surface area contributed by atoms with Crippen LogP contribution in [0.25, 0.3) is 10.4 Å². The molecule has 2 heterocycles. The monoisotopic (exact) mass is 643 g/mol. The van der Waals surface area contributed by atoms with Gasteiger partial charge in [0.15, 0.2) is 0 Å². The summed E-state index contributed by atoms with van der Waals surface area (Å²) in [5.74, 6) is -0.962. The standard InChI is InChI=1S/C33H49N5O6S/c1-21(23-13-15-24(16-14-23)28-22(2)34-20-45-28)35-30(41)26-18-25(39)19-38(26)31(42)29(33(3,4)5)36-27(40)12-10-8-7-9-11-17-37(6)32(43)44/h13-16,20-21,25-26,29,39H,7-12,17-19H2,1-6H3,(H,35,41)(H,36,40)(H,43,44)/t21-,25+,26-,29+/m0/s1. The topological polar surface area (TPSA) is 152 Å². The van der Waals surface area contributed by atoms with Crippen LogP contribution in [0.15, 0.2) is 29.8 Å². The molecular formula is C33H49N5O6S. The Kier molecular flexibility index (Phi) is 12.9. The zero-order valence-corrected chi connectivity index (χ0v) is 28.2. The van der Waals surface area contributed by atoms with Crippen molar-refractivity contribution in [3.05, 3.63) is 41.0 Å². The lowest BCUT2D eigenvalue weighted by atomic mass is 9.85. The highest BCUT2D eigenvalue weighted by molar-refractivity contribution is 7.13. The van der Waals surface area contributed by atoms with Gasteiger partial charge in [-0.3, -0.25) is 14.4 Å². The van der Waals surface area contributed by atoms with Crippen LogP contribution >= 0.6 is 11.3 Å². The van der Waals surface area contributed by atoms with E-state index in [1.807, 2.05) is 64.4 Å². The second-order valence-corrected chi connectivity index (χ2v) is 14.0. The summed E-state index contributed by atoms with van der Waals surface area (Å²) in [6.07, 6.45) is 2.62. The Morgan fingerprint density at radius 1 is 1.07 bits per heavy atom. The number of hydrogen-bond donors (Lipinski definition) is 4. The lowest BCUT2D eigenvalue weighted by Gasteiger charge is -2.35. The number of benzene rings is 1. The summed E-state index contributed by atoms with van der Waals surface area (Å²) in [6, 6.07) is 5.91. The van der Waals surface area contributed by atoms with E-state index in [9.17, 15) is 24.3 Å². The first-order chi connectivity index (χ1) is 21.2. The smallest absolute Gasteiger partial charge is 0.407 e. The highest BCUT2D eigenvalue weighted by Crippen LogP contribution is 2.29. The first-order valence-corrected chi connectivity index (χ1v) is 16.6.